The van der Waals surface area contributed by atoms with Crippen LogP contribution < -0.4 is 5.73 Å². The van der Waals surface area contributed by atoms with Gasteiger partial charge in [0.25, 0.3) is 0 Å². The summed E-state index contributed by atoms with van der Waals surface area (Å²) in [6.45, 7) is 0.215. The summed E-state index contributed by atoms with van der Waals surface area (Å²) in [5.41, 5.74) is 5.43. The Hall–Kier alpha value is -0.200. The van der Waals surface area contributed by atoms with E-state index in [2.05, 4.69) is 0 Å². The summed E-state index contributed by atoms with van der Waals surface area (Å²) in [5.74, 6) is 0. The van der Waals surface area contributed by atoms with Crippen LogP contribution in [0.5, 0.6) is 0 Å². The second kappa shape index (κ2) is 3.43. The van der Waals surface area contributed by atoms with Gasteiger partial charge in [0.1, 0.15) is 6.17 Å². The molecule has 2 aliphatic rings. The van der Waals surface area contributed by atoms with E-state index in [0.717, 1.165) is 0 Å². The predicted octanol–water partition coefficient (Wildman–Crippen LogP) is -0.150. The Morgan fingerprint density at radius 2 is 2.07 bits per heavy atom. The molecular weight excluding hydrogens is 207 g/mol. The zero-order chi connectivity index (χ0) is 10.3. The van der Waals surface area contributed by atoms with Crippen LogP contribution in [-0.2, 0) is 10.0 Å². The van der Waals surface area contributed by atoms with Gasteiger partial charge in [0.15, 0.2) is 0 Å². The van der Waals surface area contributed by atoms with Crippen molar-refractivity contribution in [2.75, 3.05) is 13.1 Å². The lowest BCUT2D eigenvalue weighted by Crippen LogP contribution is -2.41. The van der Waals surface area contributed by atoms with Crippen molar-refractivity contribution in [3.63, 3.8) is 0 Å². The number of sulfonamides is 1. The van der Waals surface area contributed by atoms with Gasteiger partial charge in [-0.1, -0.05) is 0 Å². The van der Waals surface area contributed by atoms with Crippen LogP contribution in [0.2, 0.25) is 0 Å². The van der Waals surface area contributed by atoms with Crippen molar-refractivity contribution < 1.29 is 12.8 Å². The van der Waals surface area contributed by atoms with Gasteiger partial charge in [-0.3, -0.25) is 0 Å². The third kappa shape index (κ3) is 1.66. The summed E-state index contributed by atoms with van der Waals surface area (Å²) in [6.07, 6.45) is 0.639. The average Bonchev–Trinajstić information content (AvgIpc) is 2.90. The van der Waals surface area contributed by atoms with Gasteiger partial charge in [0.05, 0.1) is 5.25 Å². The number of rotatable bonds is 3. The number of nitrogens with zero attached hydrogens (tertiary/aromatic N) is 1. The van der Waals surface area contributed by atoms with Crippen molar-refractivity contribution in [3.05, 3.63) is 0 Å². The van der Waals surface area contributed by atoms with E-state index in [1.165, 1.54) is 4.31 Å². The molecule has 0 aromatic rings. The van der Waals surface area contributed by atoms with E-state index >= 15 is 0 Å². The number of hydrogen-bond acceptors (Lipinski definition) is 3. The Bertz CT molecular complexity index is 315. The summed E-state index contributed by atoms with van der Waals surface area (Å²) < 4.78 is 38.0. The molecule has 0 aromatic carbocycles. The lowest BCUT2D eigenvalue weighted by Gasteiger charge is -2.21. The first-order valence-corrected chi connectivity index (χ1v) is 6.41. The van der Waals surface area contributed by atoms with Gasteiger partial charge in [-0.05, 0) is 19.3 Å². The molecule has 1 saturated heterocycles. The van der Waals surface area contributed by atoms with E-state index in [4.69, 9.17) is 5.73 Å². The molecule has 2 N–H and O–H groups in total. The van der Waals surface area contributed by atoms with Crippen LogP contribution >= 0.6 is 0 Å². The summed E-state index contributed by atoms with van der Waals surface area (Å²) in [5, 5.41) is -0.262. The Morgan fingerprint density at radius 3 is 2.57 bits per heavy atom. The molecule has 1 aliphatic heterocycles. The van der Waals surface area contributed by atoms with Crippen molar-refractivity contribution in [2.24, 2.45) is 5.73 Å². The molecule has 2 rings (SSSR count). The maximum atomic E-state index is 13.1. The lowest BCUT2D eigenvalue weighted by molar-refractivity contribution is 0.342. The van der Waals surface area contributed by atoms with Crippen LogP contribution in [0.25, 0.3) is 0 Å². The van der Waals surface area contributed by atoms with Crippen LogP contribution in [-0.4, -0.2) is 43.3 Å². The molecule has 0 bridgehead atoms. The number of alkyl halides is 1. The van der Waals surface area contributed by atoms with Gasteiger partial charge in [-0.15, -0.1) is 0 Å². The van der Waals surface area contributed by atoms with Gasteiger partial charge < -0.3 is 5.73 Å². The smallest absolute Gasteiger partial charge is 0.217 e. The topological polar surface area (TPSA) is 63.4 Å². The minimum absolute atomic E-state index is 0.000694. The van der Waals surface area contributed by atoms with Crippen molar-refractivity contribution in [3.8, 4) is 0 Å². The van der Waals surface area contributed by atoms with E-state index in [-0.39, 0.29) is 30.8 Å². The molecule has 0 unspecified atom stereocenters. The Balaban J connectivity index is 2.16. The van der Waals surface area contributed by atoms with Crippen molar-refractivity contribution in [2.45, 2.75) is 36.7 Å². The average molecular weight is 222 g/mol. The fourth-order valence-electron chi connectivity index (χ4n) is 1.91. The Morgan fingerprint density at radius 1 is 1.43 bits per heavy atom. The number of hydrogen-bond donors (Lipinski definition) is 1. The molecule has 0 amide bonds. The van der Waals surface area contributed by atoms with E-state index in [0.29, 0.717) is 12.8 Å². The highest BCUT2D eigenvalue weighted by molar-refractivity contribution is 7.90. The molecule has 1 aliphatic carbocycles. The van der Waals surface area contributed by atoms with Gasteiger partial charge in [-0.25, -0.2) is 12.8 Å². The van der Waals surface area contributed by atoms with Crippen LogP contribution in [0.15, 0.2) is 0 Å². The maximum absolute atomic E-state index is 13.1. The summed E-state index contributed by atoms with van der Waals surface area (Å²) in [4.78, 5) is 0. The van der Waals surface area contributed by atoms with Gasteiger partial charge in [0.2, 0.25) is 10.0 Å². The summed E-state index contributed by atoms with van der Waals surface area (Å²) >= 11 is 0. The highest BCUT2D eigenvalue weighted by Gasteiger charge is 2.46. The number of halogens is 1. The first-order chi connectivity index (χ1) is 6.55. The first-order valence-electron chi connectivity index (χ1n) is 4.90. The van der Waals surface area contributed by atoms with E-state index in [9.17, 15) is 12.8 Å². The second-order valence-corrected chi connectivity index (χ2v) is 6.20. The molecule has 2 atom stereocenters. The van der Waals surface area contributed by atoms with Gasteiger partial charge in [-0.2, -0.15) is 4.31 Å². The molecule has 2 fully saturated rings. The quantitative estimate of drug-likeness (QED) is 0.722. The molecule has 0 spiro atoms. The number of nitrogens with two attached hydrogens (primary N) is 1. The Kier molecular flexibility index (Phi) is 2.53. The van der Waals surface area contributed by atoms with Crippen LogP contribution in [0.4, 0.5) is 4.39 Å². The standard InChI is InChI=1S/C8H15FN2O2S/c9-6-3-7(4-10)11(5-6)14(12,13)8-1-2-8/h6-8H,1-5,10H2/t6-,7-/m0/s1. The Labute approximate surface area is 83.3 Å². The maximum Gasteiger partial charge on any atom is 0.217 e. The van der Waals surface area contributed by atoms with Crippen molar-refractivity contribution in [1.82, 2.24) is 4.31 Å². The molecule has 0 aromatic heterocycles. The molecule has 4 nitrogen and oxygen atoms in total. The zero-order valence-corrected chi connectivity index (χ0v) is 8.71. The van der Waals surface area contributed by atoms with Crippen molar-refractivity contribution >= 4 is 10.0 Å². The minimum atomic E-state index is -3.25. The largest absolute Gasteiger partial charge is 0.329 e. The fraction of sp³-hybridized carbons (Fsp3) is 1.00. The lowest BCUT2D eigenvalue weighted by atomic mass is 10.2. The van der Waals surface area contributed by atoms with Gasteiger partial charge >= 0.3 is 0 Å². The predicted molar refractivity (Wildman–Crippen MR) is 51.0 cm³/mol. The molecule has 0 radical (unpaired) electrons. The van der Waals surface area contributed by atoms with E-state index < -0.39 is 16.2 Å². The zero-order valence-electron chi connectivity index (χ0n) is 7.89. The first kappa shape index (κ1) is 10.3. The normalized spacial score (nSPS) is 35.0. The van der Waals surface area contributed by atoms with Crippen molar-refractivity contribution in [1.29, 1.82) is 0 Å². The van der Waals surface area contributed by atoms with E-state index in [1.807, 2.05) is 0 Å². The van der Waals surface area contributed by atoms with Gasteiger partial charge in [0, 0.05) is 19.1 Å². The molecule has 6 heteroatoms. The summed E-state index contributed by atoms with van der Waals surface area (Å²) in [7, 11) is -3.25. The highest BCUT2D eigenvalue weighted by atomic mass is 32.2. The van der Waals surface area contributed by atoms with E-state index in [1.54, 1.807) is 0 Å². The molecule has 14 heavy (non-hydrogen) atoms. The third-order valence-electron chi connectivity index (χ3n) is 2.86. The fourth-order valence-corrected chi connectivity index (χ4v) is 3.99. The SMILES string of the molecule is NC[C@@H]1C[C@H](F)CN1S(=O)(=O)C1CC1. The van der Waals surface area contributed by atoms with Crippen LogP contribution in [0.3, 0.4) is 0 Å². The van der Waals surface area contributed by atoms with Crippen LogP contribution in [0.1, 0.15) is 19.3 Å². The minimum Gasteiger partial charge on any atom is -0.329 e. The highest BCUT2D eigenvalue weighted by Crippen LogP contribution is 2.35. The molecule has 1 heterocycles. The monoisotopic (exact) mass is 222 g/mol. The molecular formula is C8H15FN2O2S. The third-order valence-corrected chi connectivity index (χ3v) is 5.27. The summed E-state index contributed by atoms with van der Waals surface area (Å²) in [6, 6.07) is -0.324. The molecule has 82 valence electrons. The van der Waals surface area contributed by atoms with Crippen LogP contribution in [0, 0.1) is 0 Å². The second-order valence-electron chi connectivity index (χ2n) is 4.04. The molecule has 1 saturated carbocycles.